The molecule has 0 amide bonds. The lowest BCUT2D eigenvalue weighted by Gasteiger charge is -2.25. The highest BCUT2D eigenvalue weighted by Crippen LogP contribution is 2.35. The first kappa shape index (κ1) is 13.5. The zero-order chi connectivity index (χ0) is 13.3. The van der Waals surface area contributed by atoms with Gasteiger partial charge in [-0.2, -0.15) is 0 Å². The number of nitrogens with zero attached hydrogens (tertiary/aromatic N) is 1. The SMILES string of the molecule is CC(O)(c1cncc(F)c1)c1ccc(Br)cc1Cl. The van der Waals surface area contributed by atoms with Crippen LogP contribution >= 0.6 is 27.5 Å². The smallest absolute Gasteiger partial charge is 0.141 e. The molecular weight excluding hydrogens is 321 g/mol. The van der Waals surface area contributed by atoms with Crippen LogP contribution in [0.1, 0.15) is 18.1 Å². The molecule has 0 bridgehead atoms. The Morgan fingerprint density at radius 3 is 2.67 bits per heavy atom. The quantitative estimate of drug-likeness (QED) is 0.906. The van der Waals surface area contributed by atoms with Gasteiger partial charge in [-0.1, -0.05) is 33.6 Å². The van der Waals surface area contributed by atoms with E-state index in [2.05, 4.69) is 20.9 Å². The van der Waals surface area contributed by atoms with Gasteiger partial charge in [-0.25, -0.2) is 4.39 Å². The van der Waals surface area contributed by atoms with Crippen LogP contribution in [0.25, 0.3) is 0 Å². The van der Waals surface area contributed by atoms with Crippen LogP contribution in [-0.4, -0.2) is 10.1 Å². The minimum Gasteiger partial charge on any atom is -0.381 e. The molecule has 0 saturated heterocycles. The fourth-order valence-electron chi connectivity index (χ4n) is 1.72. The molecule has 0 spiro atoms. The van der Waals surface area contributed by atoms with E-state index in [1.165, 1.54) is 12.3 Å². The van der Waals surface area contributed by atoms with Crippen LogP contribution in [-0.2, 0) is 5.60 Å². The molecule has 1 aromatic heterocycles. The molecule has 1 heterocycles. The lowest BCUT2D eigenvalue weighted by molar-refractivity contribution is 0.101. The summed E-state index contributed by atoms with van der Waals surface area (Å²) in [5.41, 5.74) is -0.543. The van der Waals surface area contributed by atoms with Crippen LogP contribution in [0.15, 0.2) is 41.1 Å². The number of hydrogen-bond acceptors (Lipinski definition) is 2. The van der Waals surface area contributed by atoms with Gasteiger partial charge in [0.1, 0.15) is 11.4 Å². The van der Waals surface area contributed by atoms with E-state index in [-0.39, 0.29) is 0 Å². The summed E-state index contributed by atoms with van der Waals surface area (Å²) in [4.78, 5) is 3.74. The maximum Gasteiger partial charge on any atom is 0.141 e. The summed E-state index contributed by atoms with van der Waals surface area (Å²) in [6, 6.07) is 6.38. The van der Waals surface area contributed by atoms with Crippen LogP contribution in [0.2, 0.25) is 5.02 Å². The average Bonchev–Trinajstić information content (AvgIpc) is 2.28. The van der Waals surface area contributed by atoms with Gasteiger partial charge in [0.2, 0.25) is 0 Å². The Balaban J connectivity index is 2.53. The number of hydrogen-bond donors (Lipinski definition) is 1. The molecule has 5 heteroatoms. The molecule has 18 heavy (non-hydrogen) atoms. The predicted molar refractivity (Wildman–Crippen MR) is 72.0 cm³/mol. The van der Waals surface area contributed by atoms with Crippen molar-refractivity contribution in [3.8, 4) is 0 Å². The van der Waals surface area contributed by atoms with E-state index in [1.807, 2.05) is 0 Å². The Morgan fingerprint density at radius 2 is 2.06 bits per heavy atom. The van der Waals surface area contributed by atoms with E-state index in [0.717, 1.165) is 10.7 Å². The molecule has 1 aromatic carbocycles. The lowest BCUT2D eigenvalue weighted by atomic mass is 9.89. The monoisotopic (exact) mass is 329 g/mol. The van der Waals surface area contributed by atoms with Crippen molar-refractivity contribution in [1.82, 2.24) is 4.98 Å². The number of aromatic nitrogens is 1. The van der Waals surface area contributed by atoms with Crippen molar-refractivity contribution in [1.29, 1.82) is 0 Å². The molecule has 1 N–H and O–H groups in total. The van der Waals surface area contributed by atoms with E-state index < -0.39 is 11.4 Å². The molecule has 1 atom stereocenters. The van der Waals surface area contributed by atoms with Gasteiger partial charge < -0.3 is 5.11 Å². The summed E-state index contributed by atoms with van der Waals surface area (Å²) in [6.07, 6.45) is 2.50. The predicted octanol–water partition coefficient (Wildman–Crippen LogP) is 3.89. The summed E-state index contributed by atoms with van der Waals surface area (Å²) in [7, 11) is 0. The molecular formula is C13H10BrClFNO. The van der Waals surface area contributed by atoms with Crippen molar-refractivity contribution in [3.05, 3.63) is 63.1 Å². The number of halogens is 3. The molecule has 0 aliphatic carbocycles. The van der Waals surface area contributed by atoms with Gasteiger partial charge >= 0.3 is 0 Å². The van der Waals surface area contributed by atoms with E-state index >= 15 is 0 Å². The first-order chi connectivity index (χ1) is 8.41. The van der Waals surface area contributed by atoms with Crippen LogP contribution < -0.4 is 0 Å². The molecule has 0 fully saturated rings. The molecule has 2 aromatic rings. The van der Waals surface area contributed by atoms with Crippen molar-refractivity contribution in [2.75, 3.05) is 0 Å². The van der Waals surface area contributed by atoms with Crippen LogP contribution in [0.5, 0.6) is 0 Å². The molecule has 0 radical (unpaired) electrons. The van der Waals surface area contributed by atoms with Gasteiger partial charge in [-0.3, -0.25) is 4.98 Å². The fourth-order valence-corrected chi connectivity index (χ4v) is 2.58. The van der Waals surface area contributed by atoms with Gasteiger partial charge in [0, 0.05) is 26.8 Å². The van der Waals surface area contributed by atoms with Crippen molar-refractivity contribution >= 4 is 27.5 Å². The zero-order valence-electron chi connectivity index (χ0n) is 9.49. The third-order valence-electron chi connectivity index (χ3n) is 2.72. The maximum absolute atomic E-state index is 13.2. The first-order valence-corrected chi connectivity index (χ1v) is 6.37. The molecule has 2 nitrogen and oxygen atoms in total. The second-order valence-electron chi connectivity index (χ2n) is 4.09. The molecule has 1 unspecified atom stereocenters. The fraction of sp³-hybridized carbons (Fsp3) is 0.154. The van der Waals surface area contributed by atoms with Crippen molar-refractivity contribution in [3.63, 3.8) is 0 Å². The van der Waals surface area contributed by atoms with Crippen LogP contribution in [0.4, 0.5) is 4.39 Å². The third-order valence-corrected chi connectivity index (χ3v) is 3.53. The van der Waals surface area contributed by atoms with Crippen molar-refractivity contribution in [2.45, 2.75) is 12.5 Å². The van der Waals surface area contributed by atoms with Crippen molar-refractivity contribution < 1.29 is 9.50 Å². The highest BCUT2D eigenvalue weighted by atomic mass is 79.9. The Labute approximate surface area is 118 Å². The summed E-state index contributed by atoms with van der Waals surface area (Å²) in [5, 5.41) is 10.9. The summed E-state index contributed by atoms with van der Waals surface area (Å²) < 4.78 is 14.0. The largest absolute Gasteiger partial charge is 0.381 e. The molecule has 0 aliphatic rings. The van der Waals surface area contributed by atoms with Gasteiger partial charge in [0.15, 0.2) is 0 Å². The van der Waals surface area contributed by atoms with Crippen LogP contribution in [0.3, 0.4) is 0 Å². The second kappa shape index (κ2) is 4.96. The van der Waals surface area contributed by atoms with E-state index in [4.69, 9.17) is 11.6 Å². The second-order valence-corrected chi connectivity index (χ2v) is 5.41. The minimum atomic E-state index is -1.40. The van der Waals surface area contributed by atoms with E-state index in [0.29, 0.717) is 16.1 Å². The van der Waals surface area contributed by atoms with Gasteiger partial charge in [0.25, 0.3) is 0 Å². The van der Waals surface area contributed by atoms with Crippen LogP contribution in [0, 0.1) is 5.82 Å². The Morgan fingerprint density at radius 1 is 1.33 bits per heavy atom. The Hall–Kier alpha value is -0.970. The molecule has 0 aliphatic heterocycles. The van der Waals surface area contributed by atoms with Gasteiger partial charge in [0.05, 0.1) is 6.20 Å². The third kappa shape index (κ3) is 2.55. The Kier molecular flexibility index (Phi) is 3.71. The highest BCUT2D eigenvalue weighted by Gasteiger charge is 2.28. The van der Waals surface area contributed by atoms with E-state index in [9.17, 15) is 9.50 Å². The summed E-state index contributed by atoms with van der Waals surface area (Å²) in [5.74, 6) is -0.499. The zero-order valence-corrected chi connectivity index (χ0v) is 11.8. The lowest BCUT2D eigenvalue weighted by Crippen LogP contribution is -2.23. The van der Waals surface area contributed by atoms with E-state index in [1.54, 1.807) is 25.1 Å². The van der Waals surface area contributed by atoms with Gasteiger partial charge in [-0.05, 0) is 25.1 Å². The highest BCUT2D eigenvalue weighted by molar-refractivity contribution is 9.10. The number of aliphatic hydroxyl groups is 1. The summed E-state index contributed by atoms with van der Waals surface area (Å²) >= 11 is 9.39. The normalized spacial score (nSPS) is 14.3. The number of pyridine rings is 1. The maximum atomic E-state index is 13.2. The average molecular weight is 331 g/mol. The molecule has 94 valence electrons. The molecule has 2 rings (SSSR count). The number of rotatable bonds is 2. The first-order valence-electron chi connectivity index (χ1n) is 5.20. The standard InChI is InChI=1S/C13H10BrClFNO/c1-13(18,8-4-10(16)7-17-6-8)11-3-2-9(14)5-12(11)15/h2-7,18H,1H3. The molecule has 0 saturated carbocycles. The Bertz CT molecular complexity index is 589. The number of benzene rings is 1. The topological polar surface area (TPSA) is 33.1 Å². The minimum absolute atomic E-state index is 0.353. The van der Waals surface area contributed by atoms with Crippen molar-refractivity contribution in [2.24, 2.45) is 0 Å². The van der Waals surface area contributed by atoms with Gasteiger partial charge in [-0.15, -0.1) is 0 Å². The summed E-state index contributed by atoms with van der Waals surface area (Å²) in [6.45, 7) is 1.55.